The van der Waals surface area contributed by atoms with Crippen molar-refractivity contribution in [3.05, 3.63) is 23.8 Å². The Labute approximate surface area is 148 Å². The molecule has 134 valence electrons. The van der Waals surface area contributed by atoms with Gasteiger partial charge < -0.3 is 19.7 Å². The van der Waals surface area contributed by atoms with Gasteiger partial charge in [0.1, 0.15) is 0 Å². The van der Waals surface area contributed by atoms with E-state index in [1.165, 1.54) is 32.4 Å². The van der Waals surface area contributed by atoms with Crippen molar-refractivity contribution in [1.29, 1.82) is 0 Å². The second kappa shape index (κ2) is 6.09. The summed E-state index contributed by atoms with van der Waals surface area (Å²) >= 11 is 0. The predicted molar refractivity (Wildman–Crippen MR) is 92.6 cm³/mol. The van der Waals surface area contributed by atoms with Gasteiger partial charge in [0.15, 0.2) is 11.5 Å². The molecule has 3 aliphatic heterocycles. The minimum atomic E-state index is 0.0355. The molecule has 1 N–H and O–H groups in total. The van der Waals surface area contributed by atoms with Gasteiger partial charge in [-0.3, -0.25) is 4.90 Å². The van der Waals surface area contributed by atoms with Gasteiger partial charge >= 0.3 is 6.03 Å². The third kappa shape index (κ3) is 2.82. The third-order valence-corrected chi connectivity index (χ3v) is 6.30. The van der Waals surface area contributed by atoms with Crippen LogP contribution in [-0.4, -0.2) is 54.8 Å². The van der Waals surface area contributed by atoms with E-state index in [2.05, 4.69) is 10.2 Å². The zero-order valence-corrected chi connectivity index (χ0v) is 14.4. The van der Waals surface area contributed by atoms with E-state index in [1.54, 1.807) is 0 Å². The number of hydrogen-bond acceptors (Lipinski definition) is 4. The Morgan fingerprint density at radius 2 is 1.84 bits per heavy atom. The summed E-state index contributed by atoms with van der Waals surface area (Å²) in [5, 5.41) is 3.02. The van der Waals surface area contributed by atoms with E-state index < -0.39 is 0 Å². The van der Waals surface area contributed by atoms with Gasteiger partial charge in [-0.25, -0.2) is 4.79 Å². The molecule has 2 unspecified atom stereocenters. The minimum absolute atomic E-state index is 0.0355. The van der Waals surface area contributed by atoms with Crippen LogP contribution >= 0.6 is 0 Å². The molecule has 1 aliphatic carbocycles. The molecule has 2 atom stereocenters. The summed E-state index contributed by atoms with van der Waals surface area (Å²) in [5.41, 5.74) is 1.03. The molecule has 0 bridgehead atoms. The van der Waals surface area contributed by atoms with E-state index in [4.69, 9.17) is 9.47 Å². The van der Waals surface area contributed by atoms with Crippen LogP contribution in [0.25, 0.3) is 0 Å². The first-order valence-electron chi connectivity index (χ1n) is 9.41. The van der Waals surface area contributed by atoms with Crippen molar-refractivity contribution in [2.24, 2.45) is 11.8 Å². The summed E-state index contributed by atoms with van der Waals surface area (Å²) in [5.74, 6) is 3.38. The summed E-state index contributed by atoms with van der Waals surface area (Å²) in [4.78, 5) is 16.9. The molecule has 2 saturated heterocycles. The highest BCUT2D eigenvalue weighted by Gasteiger charge is 2.43. The first-order chi connectivity index (χ1) is 12.3. The second-order valence-electron chi connectivity index (χ2n) is 7.81. The molecule has 25 heavy (non-hydrogen) atoms. The normalized spacial score (nSPS) is 28.1. The fourth-order valence-corrected chi connectivity index (χ4v) is 4.76. The Kier molecular flexibility index (Phi) is 3.73. The maximum atomic E-state index is 12.3. The number of ether oxygens (including phenoxy) is 2. The average molecular weight is 343 g/mol. The van der Waals surface area contributed by atoms with Crippen LogP contribution in [0.5, 0.6) is 11.5 Å². The number of hydrogen-bond donors (Lipinski definition) is 1. The van der Waals surface area contributed by atoms with Crippen molar-refractivity contribution in [3.63, 3.8) is 0 Å². The van der Waals surface area contributed by atoms with Crippen LogP contribution in [-0.2, 0) is 6.54 Å². The summed E-state index contributed by atoms with van der Waals surface area (Å²) in [6.07, 6.45) is 4.24. The lowest BCUT2D eigenvalue weighted by atomic mass is 10.0. The molecule has 2 amide bonds. The molecule has 6 nitrogen and oxygen atoms in total. The van der Waals surface area contributed by atoms with Crippen molar-refractivity contribution < 1.29 is 14.3 Å². The first-order valence-corrected chi connectivity index (χ1v) is 9.41. The Morgan fingerprint density at radius 3 is 2.64 bits per heavy atom. The SMILES string of the molecule is O=C(NCc1ccc2c(c1)OCO2)N1CC(N2CC3CCCC3C2)C1. The molecular weight excluding hydrogens is 318 g/mol. The van der Waals surface area contributed by atoms with Crippen LogP contribution in [0.1, 0.15) is 24.8 Å². The van der Waals surface area contributed by atoms with Crippen molar-refractivity contribution in [3.8, 4) is 11.5 Å². The second-order valence-corrected chi connectivity index (χ2v) is 7.81. The van der Waals surface area contributed by atoms with Gasteiger partial charge in [-0.2, -0.15) is 0 Å². The standard InChI is InChI=1S/C19H25N3O3/c23-19(20-7-13-4-5-17-18(6-13)25-12-24-17)22-10-16(11-22)21-8-14-2-1-3-15(14)9-21/h4-6,14-16H,1-3,7-12H2,(H,20,23). The predicted octanol–water partition coefficient (Wildman–Crippen LogP) is 2.04. The van der Waals surface area contributed by atoms with Gasteiger partial charge in [-0.05, 0) is 42.4 Å². The van der Waals surface area contributed by atoms with Crippen molar-refractivity contribution in [2.75, 3.05) is 33.0 Å². The average Bonchev–Trinajstić information content (AvgIpc) is 3.26. The molecule has 0 aromatic heterocycles. The lowest BCUT2D eigenvalue weighted by Gasteiger charge is -2.44. The summed E-state index contributed by atoms with van der Waals surface area (Å²) in [7, 11) is 0. The molecule has 3 heterocycles. The third-order valence-electron chi connectivity index (χ3n) is 6.30. The lowest BCUT2D eigenvalue weighted by molar-refractivity contribution is 0.0666. The maximum Gasteiger partial charge on any atom is 0.317 e. The van der Waals surface area contributed by atoms with E-state index in [1.807, 2.05) is 23.1 Å². The Balaban J connectivity index is 1.09. The van der Waals surface area contributed by atoms with Gasteiger partial charge in [-0.15, -0.1) is 0 Å². The minimum Gasteiger partial charge on any atom is -0.454 e. The zero-order valence-electron chi connectivity index (χ0n) is 14.4. The molecule has 1 aromatic rings. The molecule has 3 fully saturated rings. The number of rotatable bonds is 3. The number of carbonyl (C=O) groups excluding carboxylic acids is 1. The van der Waals surface area contributed by atoms with Gasteiger partial charge in [0, 0.05) is 38.8 Å². The number of benzene rings is 1. The highest BCUT2D eigenvalue weighted by molar-refractivity contribution is 5.75. The summed E-state index contributed by atoms with van der Waals surface area (Å²) in [6, 6.07) is 6.41. The van der Waals surface area contributed by atoms with Crippen LogP contribution in [0.3, 0.4) is 0 Å². The van der Waals surface area contributed by atoms with Gasteiger partial charge in [0.05, 0.1) is 0 Å². The van der Waals surface area contributed by atoms with E-state index in [-0.39, 0.29) is 12.8 Å². The van der Waals surface area contributed by atoms with E-state index in [9.17, 15) is 4.79 Å². The van der Waals surface area contributed by atoms with E-state index in [0.717, 1.165) is 42.0 Å². The Bertz CT molecular complexity index is 662. The first kappa shape index (κ1) is 15.3. The monoisotopic (exact) mass is 343 g/mol. The number of fused-ring (bicyclic) bond motifs is 2. The molecular formula is C19H25N3O3. The van der Waals surface area contributed by atoms with Crippen LogP contribution in [0.15, 0.2) is 18.2 Å². The molecule has 1 aromatic carbocycles. The maximum absolute atomic E-state index is 12.3. The summed E-state index contributed by atoms with van der Waals surface area (Å²) < 4.78 is 10.7. The van der Waals surface area contributed by atoms with Crippen LogP contribution in [0.2, 0.25) is 0 Å². The van der Waals surface area contributed by atoms with Crippen molar-refractivity contribution in [2.45, 2.75) is 31.8 Å². The Hall–Kier alpha value is -1.95. The number of nitrogens with one attached hydrogen (secondary N) is 1. The van der Waals surface area contributed by atoms with E-state index >= 15 is 0 Å². The van der Waals surface area contributed by atoms with Crippen LogP contribution in [0, 0.1) is 11.8 Å². The van der Waals surface area contributed by atoms with Crippen LogP contribution in [0.4, 0.5) is 4.79 Å². The largest absolute Gasteiger partial charge is 0.454 e. The number of nitrogens with zero attached hydrogens (tertiary/aromatic N) is 2. The summed E-state index contributed by atoms with van der Waals surface area (Å²) in [6.45, 7) is 5.03. The fourth-order valence-electron chi connectivity index (χ4n) is 4.76. The number of carbonyl (C=O) groups is 1. The van der Waals surface area contributed by atoms with Crippen molar-refractivity contribution >= 4 is 6.03 Å². The lowest BCUT2D eigenvalue weighted by Crippen LogP contribution is -2.62. The van der Waals surface area contributed by atoms with Gasteiger partial charge in [0.2, 0.25) is 6.79 Å². The smallest absolute Gasteiger partial charge is 0.317 e. The van der Waals surface area contributed by atoms with Crippen molar-refractivity contribution in [1.82, 2.24) is 15.1 Å². The quantitative estimate of drug-likeness (QED) is 0.913. The van der Waals surface area contributed by atoms with E-state index in [0.29, 0.717) is 12.6 Å². The van der Waals surface area contributed by atoms with Gasteiger partial charge in [-0.1, -0.05) is 12.5 Å². The number of amides is 2. The molecule has 0 radical (unpaired) electrons. The number of likely N-dealkylation sites (tertiary alicyclic amines) is 2. The highest BCUT2D eigenvalue weighted by atomic mass is 16.7. The fraction of sp³-hybridized carbons (Fsp3) is 0.632. The zero-order chi connectivity index (χ0) is 16.8. The van der Waals surface area contributed by atoms with Gasteiger partial charge in [0.25, 0.3) is 0 Å². The topological polar surface area (TPSA) is 54.0 Å². The molecule has 5 rings (SSSR count). The molecule has 4 aliphatic rings. The molecule has 1 saturated carbocycles. The number of urea groups is 1. The molecule has 6 heteroatoms. The molecule has 0 spiro atoms. The Morgan fingerprint density at radius 1 is 1.08 bits per heavy atom. The highest BCUT2D eigenvalue weighted by Crippen LogP contribution is 2.39. The van der Waals surface area contributed by atoms with Crippen LogP contribution < -0.4 is 14.8 Å².